The number of hydrogen-bond acceptors (Lipinski definition) is 1. The Kier molecular flexibility index (Phi) is 3.60. The van der Waals surface area contributed by atoms with Crippen LogP contribution in [0.2, 0.25) is 0 Å². The summed E-state index contributed by atoms with van der Waals surface area (Å²) in [5.41, 5.74) is 0.761. The van der Waals surface area contributed by atoms with E-state index in [-0.39, 0.29) is 11.2 Å². The first-order valence-electron chi connectivity index (χ1n) is 7.89. The molecule has 1 heterocycles. The third-order valence-corrected chi connectivity index (χ3v) is 5.63. The normalized spacial score (nSPS) is 40.3. The SMILES string of the molecule is CCC12CCC(C(C)(C)C)CC1CCC(C)(C)O2. The van der Waals surface area contributed by atoms with E-state index >= 15 is 0 Å². The fraction of sp³-hybridized carbons (Fsp3) is 1.00. The lowest BCUT2D eigenvalue weighted by Gasteiger charge is -2.55. The molecule has 2 rings (SSSR count). The van der Waals surface area contributed by atoms with E-state index in [0.717, 1.165) is 11.8 Å². The van der Waals surface area contributed by atoms with E-state index in [1.165, 1.54) is 38.5 Å². The maximum absolute atomic E-state index is 6.58. The summed E-state index contributed by atoms with van der Waals surface area (Å²) in [6.45, 7) is 14.1. The van der Waals surface area contributed by atoms with Gasteiger partial charge in [0.2, 0.25) is 0 Å². The first-order valence-corrected chi connectivity index (χ1v) is 7.89. The van der Waals surface area contributed by atoms with Crippen LogP contribution in [0, 0.1) is 17.3 Å². The molecule has 2 fully saturated rings. The van der Waals surface area contributed by atoms with Gasteiger partial charge < -0.3 is 4.74 Å². The van der Waals surface area contributed by atoms with E-state index < -0.39 is 0 Å². The molecule has 0 amide bonds. The summed E-state index contributed by atoms with van der Waals surface area (Å²) in [6.07, 6.45) is 7.80. The molecule has 1 saturated carbocycles. The molecule has 106 valence electrons. The van der Waals surface area contributed by atoms with Gasteiger partial charge in [-0.1, -0.05) is 27.7 Å². The van der Waals surface area contributed by atoms with Crippen molar-refractivity contribution in [3.63, 3.8) is 0 Å². The molecule has 3 unspecified atom stereocenters. The van der Waals surface area contributed by atoms with Gasteiger partial charge >= 0.3 is 0 Å². The largest absolute Gasteiger partial charge is 0.369 e. The molecule has 0 radical (unpaired) electrons. The van der Waals surface area contributed by atoms with Crippen LogP contribution in [0.15, 0.2) is 0 Å². The van der Waals surface area contributed by atoms with Crippen molar-refractivity contribution < 1.29 is 4.74 Å². The van der Waals surface area contributed by atoms with Gasteiger partial charge in [0.25, 0.3) is 0 Å². The fourth-order valence-corrected chi connectivity index (χ4v) is 4.26. The molecule has 0 spiro atoms. The Hall–Kier alpha value is -0.0400. The van der Waals surface area contributed by atoms with Gasteiger partial charge in [-0.25, -0.2) is 0 Å². The van der Waals surface area contributed by atoms with Gasteiger partial charge in [-0.15, -0.1) is 0 Å². The van der Waals surface area contributed by atoms with E-state index in [4.69, 9.17) is 4.74 Å². The molecule has 0 bridgehead atoms. The summed E-state index contributed by atoms with van der Waals surface area (Å²) in [7, 11) is 0. The molecule has 1 saturated heterocycles. The molecular weight excluding hydrogens is 220 g/mol. The zero-order valence-corrected chi connectivity index (χ0v) is 13.3. The molecular formula is C17H32O. The highest BCUT2D eigenvalue weighted by Gasteiger charge is 2.50. The highest BCUT2D eigenvalue weighted by molar-refractivity contribution is 5.00. The van der Waals surface area contributed by atoms with Crippen LogP contribution >= 0.6 is 0 Å². The molecule has 1 nitrogen and oxygen atoms in total. The minimum Gasteiger partial charge on any atom is -0.369 e. The number of hydrogen-bond donors (Lipinski definition) is 0. The van der Waals surface area contributed by atoms with Crippen LogP contribution in [0.25, 0.3) is 0 Å². The van der Waals surface area contributed by atoms with Crippen LogP contribution in [0.3, 0.4) is 0 Å². The van der Waals surface area contributed by atoms with E-state index in [0.29, 0.717) is 5.41 Å². The standard InChI is InChI=1S/C17H32O/c1-7-17-11-9-13(15(2,3)4)12-14(17)8-10-16(5,6)18-17/h13-14H,7-12H2,1-6H3. The van der Waals surface area contributed by atoms with Gasteiger partial charge in [0, 0.05) is 0 Å². The summed E-state index contributed by atoms with van der Waals surface area (Å²) >= 11 is 0. The van der Waals surface area contributed by atoms with Gasteiger partial charge in [0.1, 0.15) is 0 Å². The van der Waals surface area contributed by atoms with E-state index in [2.05, 4.69) is 41.5 Å². The second-order valence-corrected chi connectivity index (χ2v) is 8.35. The summed E-state index contributed by atoms with van der Waals surface area (Å²) < 4.78 is 6.58. The third-order valence-electron chi connectivity index (χ3n) is 5.63. The predicted molar refractivity (Wildman–Crippen MR) is 77.7 cm³/mol. The van der Waals surface area contributed by atoms with Crippen LogP contribution in [0.1, 0.15) is 80.1 Å². The quantitative estimate of drug-likeness (QED) is 0.624. The van der Waals surface area contributed by atoms with Crippen molar-refractivity contribution in [2.24, 2.45) is 17.3 Å². The van der Waals surface area contributed by atoms with Gasteiger partial charge in [0.15, 0.2) is 0 Å². The number of ether oxygens (including phenoxy) is 1. The van der Waals surface area contributed by atoms with E-state index in [1.54, 1.807) is 0 Å². The molecule has 18 heavy (non-hydrogen) atoms. The lowest BCUT2D eigenvalue weighted by molar-refractivity contribution is -0.226. The first-order chi connectivity index (χ1) is 8.19. The minimum absolute atomic E-state index is 0.0983. The average molecular weight is 252 g/mol. The van der Waals surface area contributed by atoms with Crippen LogP contribution in [-0.4, -0.2) is 11.2 Å². The fourth-order valence-electron chi connectivity index (χ4n) is 4.26. The monoisotopic (exact) mass is 252 g/mol. The van der Waals surface area contributed by atoms with Gasteiger partial charge in [-0.3, -0.25) is 0 Å². The Morgan fingerprint density at radius 3 is 2.33 bits per heavy atom. The first kappa shape index (κ1) is 14.4. The van der Waals surface area contributed by atoms with Crippen LogP contribution in [0.5, 0.6) is 0 Å². The Morgan fingerprint density at radius 1 is 1.11 bits per heavy atom. The molecule has 0 aromatic heterocycles. The second kappa shape index (κ2) is 4.51. The van der Waals surface area contributed by atoms with Crippen molar-refractivity contribution in [3.8, 4) is 0 Å². The highest BCUT2D eigenvalue weighted by atomic mass is 16.5. The number of rotatable bonds is 1. The molecule has 1 aliphatic heterocycles. The molecule has 2 aliphatic rings. The van der Waals surface area contributed by atoms with Crippen molar-refractivity contribution in [2.45, 2.75) is 91.3 Å². The third kappa shape index (κ3) is 2.61. The van der Waals surface area contributed by atoms with E-state index in [9.17, 15) is 0 Å². The predicted octanol–water partition coefficient (Wildman–Crippen LogP) is 5.19. The van der Waals surface area contributed by atoms with Gasteiger partial charge in [-0.2, -0.15) is 0 Å². The van der Waals surface area contributed by atoms with Crippen molar-refractivity contribution in [1.29, 1.82) is 0 Å². The van der Waals surface area contributed by atoms with Gasteiger partial charge in [-0.05, 0) is 69.6 Å². The van der Waals surface area contributed by atoms with Crippen molar-refractivity contribution in [1.82, 2.24) is 0 Å². The van der Waals surface area contributed by atoms with Crippen molar-refractivity contribution in [2.75, 3.05) is 0 Å². The van der Waals surface area contributed by atoms with Gasteiger partial charge in [0.05, 0.1) is 11.2 Å². The topological polar surface area (TPSA) is 9.23 Å². The Labute approximate surface area is 114 Å². The van der Waals surface area contributed by atoms with Crippen molar-refractivity contribution >= 4 is 0 Å². The minimum atomic E-state index is 0.0983. The Morgan fingerprint density at radius 2 is 1.78 bits per heavy atom. The second-order valence-electron chi connectivity index (χ2n) is 8.35. The average Bonchev–Trinajstić information content (AvgIpc) is 2.25. The number of fused-ring (bicyclic) bond motifs is 1. The highest BCUT2D eigenvalue weighted by Crippen LogP contribution is 2.53. The zero-order chi connectivity index (χ0) is 13.6. The summed E-state index contributed by atoms with van der Waals surface area (Å²) in [4.78, 5) is 0. The lowest BCUT2D eigenvalue weighted by Crippen LogP contribution is -2.54. The van der Waals surface area contributed by atoms with Crippen molar-refractivity contribution in [3.05, 3.63) is 0 Å². The smallest absolute Gasteiger partial charge is 0.0715 e. The summed E-state index contributed by atoms with van der Waals surface area (Å²) in [5, 5.41) is 0. The van der Waals surface area contributed by atoms with Crippen LogP contribution in [-0.2, 0) is 4.74 Å². The maximum atomic E-state index is 6.58. The zero-order valence-electron chi connectivity index (χ0n) is 13.3. The Balaban J connectivity index is 2.15. The lowest BCUT2D eigenvalue weighted by atomic mass is 9.60. The van der Waals surface area contributed by atoms with E-state index in [1.807, 2.05) is 0 Å². The molecule has 3 atom stereocenters. The molecule has 0 aromatic rings. The summed E-state index contributed by atoms with van der Waals surface area (Å²) in [6, 6.07) is 0. The molecule has 0 aromatic carbocycles. The van der Waals surface area contributed by atoms with Crippen LogP contribution < -0.4 is 0 Å². The Bertz CT molecular complexity index is 299. The molecule has 0 N–H and O–H groups in total. The maximum Gasteiger partial charge on any atom is 0.0715 e. The van der Waals surface area contributed by atoms with Crippen LogP contribution in [0.4, 0.5) is 0 Å². The molecule has 1 heteroatoms. The summed E-state index contributed by atoms with van der Waals surface area (Å²) in [5.74, 6) is 1.68. The molecule has 1 aliphatic carbocycles.